The highest BCUT2D eigenvalue weighted by molar-refractivity contribution is 5.85. The molecular weight excluding hydrogens is 494 g/mol. The normalized spacial score (nSPS) is 13.9. The van der Waals surface area contributed by atoms with Gasteiger partial charge in [-0.05, 0) is 53.8 Å². The minimum absolute atomic E-state index is 0.0507. The second-order valence-electron chi connectivity index (χ2n) is 8.53. The molecule has 0 aliphatic carbocycles. The number of pyridine rings is 1. The van der Waals surface area contributed by atoms with E-state index in [4.69, 9.17) is 0 Å². The Morgan fingerprint density at radius 3 is 2.70 bits per heavy atom. The fourth-order valence-corrected chi connectivity index (χ4v) is 3.96. The number of alkyl halides is 3. The third kappa shape index (κ3) is 4.95. The molecule has 12 heteroatoms. The van der Waals surface area contributed by atoms with Gasteiger partial charge in [-0.25, -0.2) is 19.2 Å². The molecule has 0 saturated heterocycles. The van der Waals surface area contributed by atoms with Crippen LogP contribution in [-0.2, 0) is 17.8 Å². The topological polar surface area (TPSA) is 100 Å². The van der Waals surface area contributed by atoms with Gasteiger partial charge in [-0.1, -0.05) is 12.1 Å². The summed E-state index contributed by atoms with van der Waals surface area (Å²) in [4.78, 5) is 36.2. The van der Waals surface area contributed by atoms with Crippen LogP contribution in [0.3, 0.4) is 0 Å². The molecular formula is C25H19F4N5O3. The van der Waals surface area contributed by atoms with Crippen LogP contribution in [0.5, 0.6) is 0 Å². The number of aromatic amines is 1. The Bertz CT molecular complexity index is 1570. The largest absolute Gasteiger partial charge is 0.437 e. The predicted molar refractivity (Wildman–Crippen MR) is 127 cm³/mol. The second-order valence-corrected chi connectivity index (χ2v) is 8.53. The average Bonchev–Trinajstić information content (AvgIpc) is 3.29. The first kappa shape index (κ1) is 24.2. The van der Waals surface area contributed by atoms with Crippen molar-refractivity contribution in [2.75, 3.05) is 5.32 Å². The molecule has 4 aromatic rings. The summed E-state index contributed by atoms with van der Waals surface area (Å²) in [6.45, 7) is 0.921. The van der Waals surface area contributed by atoms with E-state index < -0.39 is 24.2 Å². The molecule has 0 radical (unpaired) electrons. The number of nitrogens with one attached hydrogen (secondary N) is 2. The minimum atomic E-state index is -4.65. The lowest BCUT2D eigenvalue weighted by molar-refractivity contribution is -0.199. The smallest absolute Gasteiger partial charge is 0.425 e. The molecule has 2 N–H and O–H groups in total. The van der Waals surface area contributed by atoms with Crippen LogP contribution in [0.1, 0.15) is 18.1 Å². The van der Waals surface area contributed by atoms with Crippen molar-refractivity contribution in [1.29, 1.82) is 0 Å². The second kappa shape index (κ2) is 9.19. The number of benzene rings is 2. The number of amides is 1. The van der Waals surface area contributed by atoms with E-state index in [9.17, 15) is 27.2 Å². The summed E-state index contributed by atoms with van der Waals surface area (Å²) < 4.78 is 57.2. The van der Waals surface area contributed by atoms with E-state index in [1.807, 2.05) is 0 Å². The molecule has 0 saturated carbocycles. The third-order valence-corrected chi connectivity index (χ3v) is 5.96. The Morgan fingerprint density at radius 1 is 1.14 bits per heavy atom. The summed E-state index contributed by atoms with van der Waals surface area (Å²) in [6.07, 6.45) is -5.40. The molecule has 0 fully saturated rings. The van der Waals surface area contributed by atoms with Gasteiger partial charge in [0.2, 0.25) is 0 Å². The van der Waals surface area contributed by atoms with Gasteiger partial charge in [0.15, 0.2) is 23.6 Å². The van der Waals surface area contributed by atoms with Crippen LogP contribution in [0.4, 0.5) is 33.9 Å². The van der Waals surface area contributed by atoms with Crippen molar-refractivity contribution in [3.8, 4) is 11.4 Å². The molecule has 1 aliphatic rings. The van der Waals surface area contributed by atoms with E-state index in [2.05, 4.69) is 25.0 Å². The number of rotatable bonds is 4. The van der Waals surface area contributed by atoms with Crippen molar-refractivity contribution in [1.82, 2.24) is 19.9 Å². The Morgan fingerprint density at radius 2 is 1.92 bits per heavy atom. The summed E-state index contributed by atoms with van der Waals surface area (Å²) >= 11 is 0. The fourth-order valence-electron chi connectivity index (χ4n) is 3.96. The fraction of sp³-hybridized carbons (Fsp3) is 0.200. The Hall–Kier alpha value is -4.48. The van der Waals surface area contributed by atoms with Gasteiger partial charge in [0.1, 0.15) is 0 Å². The van der Waals surface area contributed by atoms with E-state index in [0.717, 1.165) is 18.7 Å². The van der Waals surface area contributed by atoms with Crippen molar-refractivity contribution in [3.05, 3.63) is 82.2 Å². The lowest BCUT2D eigenvalue weighted by Gasteiger charge is -2.21. The van der Waals surface area contributed by atoms with E-state index in [1.165, 1.54) is 11.1 Å². The van der Waals surface area contributed by atoms with Gasteiger partial charge < -0.3 is 15.0 Å². The van der Waals surface area contributed by atoms with Crippen molar-refractivity contribution >= 4 is 28.4 Å². The average molecular weight is 513 g/mol. The zero-order valence-corrected chi connectivity index (χ0v) is 19.3. The maximum Gasteiger partial charge on any atom is 0.425 e. The van der Waals surface area contributed by atoms with Gasteiger partial charge in [-0.2, -0.15) is 13.2 Å². The number of nitrogens with zero attached hydrogens (tertiary/aromatic N) is 3. The van der Waals surface area contributed by atoms with Crippen LogP contribution in [-0.4, -0.2) is 38.2 Å². The molecule has 190 valence electrons. The van der Waals surface area contributed by atoms with Crippen LogP contribution >= 0.6 is 0 Å². The van der Waals surface area contributed by atoms with Crippen molar-refractivity contribution in [3.63, 3.8) is 0 Å². The number of halogens is 4. The zero-order valence-electron chi connectivity index (χ0n) is 19.3. The molecule has 5 rings (SSSR count). The summed E-state index contributed by atoms with van der Waals surface area (Å²) in [6, 6.07) is 11.8. The van der Waals surface area contributed by atoms with Crippen molar-refractivity contribution < 1.29 is 27.1 Å². The van der Waals surface area contributed by atoms with E-state index in [1.54, 1.807) is 42.5 Å². The number of hydrogen-bond acceptors (Lipinski definition) is 6. The maximum atomic E-state index is 14.5. The summed E-state index contributed by atoms with van der Waals surface area (Å²) in [5.41, 5.74) is 2.24. The van der Waals surface area contributed by atoms with Crippen LogP contribution in [0, 0.1) is 5.82 Å². The molecule has 0 bridgehead atoms. The minimum Gasteiger partial charge on any atom is -0.437 e. The third-order valence-electron chi connectivity index (χ3n) is 5.96. The van der Waals surface area contributed by atoms with Crippen molar-refractivity contribution in [2.24, 2.45) is 0 Å². The highest BCUT2D eigenvalue weighted by Gasteiger charge is 2.40. The molecule has 8 nitrogen and oxygen atoms in total. The number of fused-ring (bicyclic) bond motifs is 2. The monoisotopic (exact) mass is 513 g/mol. The van der Waals surface area contributed by atoms with Gasteiger partial charge in [0, 0.05) is 35.9 Å². The lowest BCUT2D eigenvalue weighted by Crippen LogP contribution is -2.36. The highest BCUT2D eigenvalue weighted by Crippen LogP contribution is 2.30. The molecule has 1 atom stereocenters. The van der Waals surface area contributed by atoms with Crippen LogP contribution in [0.25, 0.3) is 22.2 Å². The van der Waals surface area contributed by atoms with Gasteiger partial charge in [0.05, 0.1) is 6.20 Å². The molecule has 1 aliphatic heterocycles. The first-order valence-corrected chi connectivity index (χ1v) is 11.1. The van der Waals surface area contributed by atoms with Gasteiger partial charge in [0.25, 0.3) is 5.56 Å². The number of hydrogen-bond donors (Lipinski definition) is 2. The van der Waals surface area contributed by atoms with E-state index in [0.29, 0.717) is 27.6 Å². The molecule has 0 spiro atoms. The van der Waals surface area contributed by atoms with Gasteiger partial charge in [-0.15, -0.1) is 0 Å². The van der Waals surface area contributed by atoms with Crippen LogP contribution < -0.4 is 10.9 Å². The number of ether oxygens (including phenoxy) is 1. The quantitative estimate of drug-likeness (QED) is 0.361. The summed E-state index contributed by atoms with van der Waals surface area (Å²) in [5, 5.41) is 4.05. The number of anilines is 2. The number of carbonyl (C=O) groups is 1. The molecule has 37 heavy (non-hydrogen) atoms. The maximum absolute atomic E-state index is 14.5. The number of H-pyrrole nitrogens is 1. The zero-order chi connectivity index (χ0) is 26.3. The SMILES string of the molecule is CC(OC(=O)N1Cc2ccc(-c3ncc(F)c(Nc4ccc5c(=O)[nH]ccc5c4)n3)cc2C1)C(F)(F)F. The van der Waals surface area contributed by atoms with E-state index >= 15 is 0 Å². The first-order chi connectivity index (χ1) is 17.6. The van der Waals surface area contributed by atoms with Crippen molar-refractivity contribution in [2.45, 2.75) is 32.3 Å². The number of carbonyl (C=O) groups excluding carboxylic acids is 1. The van der Waals surface area contributed by atoms with Gasteiger partial charge >= 0.3 is 12.3 Å². The molecule has 2 aromatic heterocycles. The predicted octanol–water partition coefficient (Wildman–Crippen LogP) is 5.27. The molecule has 3 heterocycles. The molecule has 2 aromatic carbocycles. The van der Waals surface area contributed by atoms with Crippen LogP contribution in [0.15, 0.2) is 59.7 Å². The Labute approximate surface area is 206 Å². The Balaban J connectivity index is 1.35. The standard InChI is InChI=1S/C25H19F4N5O3/c1-13(25(27,28)29)37-24(36)34-11-16-3-2-15(8-17(16)12-34)21-31-10-20(26)22(33-21)32-18-4-5-19-14(9-18)6-7-30-23(19)35/h2-10,13H,11-12H2,1H3,(H,30,35)(H,31,32,33). The van der Waals surface area contributed by atoms with Crippen LogP contribution in [0.2, 0.25) is 0 Å². The lowest BCUT2D eigenvalue weighted by atomic mass is 10.1. The molecule has 1 amide bonds. The summed E-state index contributed by atoms with van der Waals surface area (Å²) in [7, 11) is 0. The number of aromatic nitrogens is 3. The highest BCUT2D eigenvalue weighted by atomic mass is 19.4. The first-order valence-electron chi connectivity index (χ1n) is 11.1. The van der Waals surface area contributed by atoms with E-state index in [-0.39, 0.29) is 30.3 Å². The Kier molecular flexibility index (Phi) is 6.02. The summed E-state index contributed by atoms with van der Waals surface area (Å²) in [5.74, 6) is -0.569. The molecule has 1 unspecified atom stereocenters. The van der Waals surface area contributed by atoms with Gasteiger partial charge in [-0.3, -0.25) is 9.69 Å².